The molecule has 0 aliphatic heterocycles. The Morgan fingerprint density at radius 2 is 1.50 bits per heavy atom. The van der Waals surface area contributed by atoms with E-state index in [4.69, 9.17) is 0 Å². The number of aliphatic hydroxyl groups excluding tert-OH is 1. The Morgan fingerprint density at radius 3 is 2.17 bits per heavy atom. The molecule has 2 amide bonds. The summed E-state index contributed by atoms with van der Waals surface area (Å²) in [6.07, 6.45) is 3.99. The molecule has 13 nitrogen and oxygen atoms in total. The third-order valence-corrected chi connectivity index (χ3v) is 8.01. The molecule has 0 aliphatic carbocycles. The number of hydrogen-bond donors (Lipinski definition) is 2. The zero-order valence-electron chi connectivity index (χ0n) is 26.5. The Balaban J connectivity index is 1.39. The first-order chi connectivity index (χ1) is 22.2. The van der Waals surface area contributed by atoms with Gasteiger partial charge in [-0.2, -0.15) is 20.2 Å². The van der Waals surface area contributed by atoms with Gasteiger partial charge in [0.05, 0.1) is 40.1 Å². The number of carbonyl (C=O) groups excluding carboxylic acids is 2. The maximum atomic E-state index is 13.4. The molecule has 4 heterocycles. The van der Waals surface area contributed by atoms with Crippen LogP contribution in [0.2, 0.25) is 0 Å². The molecule has 6 rings (SSSR count). The van der Waals surface area contributed by atoms with Gasteiger partial charge in [-0.25, -0.2) is 0 Å². The Labute approximate surface area is 264 Å². The molecule has 0 saturated carbocycles. The fourth-order valence-electron chi connectivity index (χ4n) is 5.85. The van der Waals surface area contributed by atoms with Gasteiger partial charge in [0, 0.05) is 39.3 Å². The van der Waals surface area contributed by atoms with Crippen molar-refractivity contribution in [1.82, 2.24) is 38.2 Å². The molecule has 13 heteroatoms. The first kappa shape index (κ1) is 30.5. The van der Waals surface area contributed by atoms with Gasteiger partial charge in [-0.05, 0) is 51.1 Å². The molecule has 0 bridgehead atoms. The molecule has 2 aromatic carbocycles. The van der Waals surface area contributed by atoms with E-state index in [0.717, 1.165) is 33.3 Å². The maximum Gasteiger partial charge on any atom is 0.298 e. The Bertz CT molecular complexity index is 2280. The molecule has 0 saturated heterocycles. The topological polar surface area (TPSA) is 145 Å². The van der Waals surface area contributed by atoms with Crippen LogP contribution < -0.4 is 11.2 Å². The van der Waals surface area contributed by atoms with E-state index >= 15 is 0 Å². The van der Waals surface area contributed by atoms with Crippen LogP contribution in [0.3, 0.4) is 0 Å². The van der Waals surface area contributed by atoms with E-state index in [2.05, 4.69) is 25.3 Å². The Kier molecular flexibility index (Phi) is 8.24. The number of hydrogen-bond acceptors (Lipinski definition) is 5. The van der Waals surface area contributed by atoms with Crippen LogP contribution in [0, 0.1) is 13.8 Å². The molecule has 46 heavy (non-hydrogen) atoms. The number of fused-ring (bicyclic) bond motifs is 2. The van der Waals surface area contributed by atoms with Gasteiger partial charge in [-0.15, -0.1) is 0 Å². The van der Waals surface area contributed by atoms with Crippen molar-refractivity contribution in [1.29, 1.82) is 0 Å². The van der Waals surface area contributed by atoms with E-state index in [-0.39, 0.29) is 12.5 Å². The van der Waals surface area contributed by atoms with Gasteiger partial charge in [-0.3, -0.25) is 19.4 Å². The summed E-state index contributed by atoms with van der Waals surface area (Å²) < 4.78 is 9.33. The minimum absolute atomic E-state index is 0.153. The van der Waals surface area contributed by atoms with E-state index in [0.29, 0.717) is 48.0 Å². The number of aryl methyl sites for hydroxylation is 5. The zero-order valence-corrected chi connectivity index (χ0v) is 26.5. The number of allylic oxidation sites excluding steroid dienone is 2. The van der Waals surface area contributed by atoms with Crippen LogP contribution in [-0.4, -0.2) is 55.2 Å². The second-order valence-corrected chi connectivity index (χ2v) is 11.1. The number of aromatic nitrogens is 8. The van der Waals surface area contributed by atoms with Gasteiger partial charge >= 0.3 is 0 Å². The van der Waals surface area contributed by atoms with Gasteiger partial charge in [0.2, 0.25) is 11.2 Å². The van der Waals surface area contributed by atoms with E-state index in [1.165, 1.54) is 0 Å². The number of nitrogens with zero attached hydrogens (tertiary/aromatic N) is 9. The highest BCUT2D eigenvalue weighted by molar-refractivity contribution is 5.94. The number of para-hydroxylation sites is 3. The number of nitrogens with one attached hydrogen (secondary N) is 1. The Morgan fingerprint density at radius 1 is 0.848 bits per heavy atom. The van der Waals surface area contributed by atoms with Crippen molar-refractivity contribution in [3.63, 3.8) is 0 Å². The van der Waals surface area contributed by atoms with Crippen LogP contribution >= 0.6 is 0 Å². The van der Waals surface area contributed by atoms with Gasteiger partial charge in [-0.1, -0.05) is 36.4 Å². The lowest BCUT2D eigenvalue weighted by atomic mass is 10.2. The average molecular weight is 621 g/mol. The fraction of sp³-hybridized carbons (Fsp3) is 0.273. The van der Waals surface area contributed by atoms with Crippen LogP contribution in [0.4, 0.5) is 0 Å². The van der Waals surface area contributed by atoms with Crippen molar-refractivity contribution in [2.45, 2.75) is 47.0 Å². The molecule has 0 aliphatic rings. The minimum atomic E-state index is -0.448. The largest absolute Gasteiger partial charge is 0.392 e. The van der Waals surface area contributed by atoms with E-state index < -0.39 is 5.91 Å². The molecule has 0 radical (unpaired) electrons. The molecule has 2 N–H and O–H groups in total. The molecule has 0 unspecified atom stereocenters. The van der Waals surface area contributed by atoms with Crippen molar-refractivity contribution in [2.75, 3.05) is 0 Å². The molecule has 0 spiro atoms. The van der Waals surface area contributed by atoms with Crippen LogP contribution in [0.1, 0.15) is 44.9 Å². The summed E-state index contributed by atoms with van der Waals surface area (Å²) in [5.41, 5.74) is 7.35. The van der Waals surface area contributed by atoms with E-state index in [9.17, 15) is 14.7 Å². The normalized spacial score (nSPS) is 12.8. The molecule has 0 atom stereocenters. The lowest BCUT2D eigenvalue weighted by molar-refractivity contribution is 0.0980. The van der Waals surface area contributed by atoms with Crippen molar-refractivity contribution in [2.24, 2.45) is 24.1 Å². The summed E-state index contributed by atoms with van der Waals surface area (Å²) in [6.45, 7) is 6.84. The third kappa shape index (κ3) is 5.45. The first-order valence-corrected chi connectivity index (χ1v) is 15.0. The predicted octanol–water partition coefficient (Wildman–Crippen LogP) is 3.06. The van der Waals surface area contributed by atoms with E-state index in [1.54, 1.807) is 23.7 Å². The molecular weight excluding hydrogens is 584 g/mol. The van der Waals surface area contributed by atoms with Crippen LogP contribution in [0.25, 0.3) is 22.1 Å². The number of aromatic amines is 1. The van der Waals surface area contributed by atoms with Crippen molar-refractivity contribution in [3.8, 4) is 0 Å². The summed E-state index contributed by atoms with van der Waals surface area (Å²) in [4.78, 5) is 35.5. The molecule has 4 aromatic heterocycles. The van der Waals surface area contributed by atoms with Crippen molar-refractivity contribution in [3.05, 3.63) is 106 Å². The highest BCUT2D eigenvalue weighted by Crippen LogP contribution is 2.18. The first-order valence-electron chi connectivity index (χ1n) is 15.0. The van der Waals surface area contributed by atoms with Crippen molar-refractivity contribution >= 4 is 33.9 Å². The minimum Gasteiger partial charge on any atom is -0.392 e. The number of imidazole rings is 2. The monoisotopic (exact) mass is 620 g/mol. The summed E-state index contributed by atoms with van der Waals surface area (Å²) in [5, 5.41) is 21.3. The SMILES string of the molecule is CCn1nc(C)cc1C(=O)/N=c1\n(C)c2ccccc2n1C/C=C/Cn1/c(=N/C(=O)c2cc(C)n[nH]2)n(C)c2c(CO)cccc21. The van der Waals surface area contributed by atoms with Gasteiger partial charge in [0.15, 0.2) is 0 Å². The average Bonchev–Trinajstić information content (AvgIpc) is 3.80. The predicted molar refractivity (Wildman–Crippen MR) is 173 cm³/mol. The lowest BCUT2D eigenvalue weighted by Gasteiger charge is -2.04. The number of aliphatic hydroxyl groups is 1. The summed E-state index contributed by atoms with van der Waals surface area (Å²) in [5.74, 6) is -0.808. The lowest BCUT2D eigenvalue weighted by Crippen LogP contribution is -2.27. The van der Waals surface area contributed by atoms with Crippen LogP contribution in [0.15, 0.2) is 76.7 Å². The van der Waals surface area contributed by atoms with Crippen LogP contribution in [-0.2, 0) is 40.3 Å². The molecule has 6 aromatic rings. The second-order valence-electron chi connectivity index (χ2n) is 11.1. The maximum absolute atomic E-state index is 13.4. The highest BCUT2D eigenvalue weighted by Gasteiger charge is 2.17. The third-order valence-electron chi connectivity index (χ3n) is 8.01. The number of carbonyl (C=O) groups is 2. The summed E-state index contributed by atoms with van der Waals surface area (Å²) in [7, 11) is 3.72. The fourth-order valence-corrected chi connectivity index (χ4v) is 5.85. The quantitative estimate of drug-likeness (QED) is 0.251. The molecule has 0 fully saturated rings. The zero-order chi connectivity index (χ0) is 32.5. The Hall–Kier alpha value is -5.56. The van der Waals surface area contributed by atoms with Crippen molar-refractivity contribution < 1.29 is 14.7 Å². The number of H-pyrrole nitrogens is 1. The number of amides is 2. The summed E-state index contributed by atoms with van der Waals surface area (Å²) >= 11 is 0. The van der Waals surface area contributed by atoms with Gasteiger partial charge in [0.25, 0.3) is 11.8 Å². The standard InChI is InChI=1S/C33H36N10O3/c1-6-43-28(19-22(3)38-43)31(46)35-32-39(4)25-13-7-8-14-26(25)41(32)16-9-10-17-42-27-15-11-12-23(20-44)29(27)40(5)33(42)34-30(45)24-18-21(2)36-37-24/h7-15,18-19,44H,6,16-17,20H2,1-5H3,(H,36,37)/b10-9+,34-33+,35-32+. The smallest absolute Gasteiger partial charge is 0.298 e. The summed E-state index contributed by atoms with van der Waals surface area (Å²) in [6, 6.07) is 17.0. The second kappa shape index (κ2) is 12.4. The van der Waals surface area contributed by atoms with Gasteiger partial charge in [0.1, 0.15) is 11.4 Å². The van der Waals surface area contributed by atoms with Crippen LogP contribution in [0.5, 0.6) is 0 Å². The molecular formula is C33H36N10O3. The van der Waals surface area contributed by atoms with Gasteiger partial charge < -0.3 is 23.4 Å². The molecule has 236 valence electrons. The van der Waals surface area contributed by atoms with E-state index in [1.807, 2.05) is 101 Å². The highest BCUT2D eigenvalue weighted by atomic mass is 16.3. The number of benzene rings is 2. The number of rotatable bonds is 8.